The van der Waals surface area contributed by atoms with E-state index in [4.69, 9.17) is 0 Å². The first kappa shape index (κ1) is 8.55. The minimum absolute atomic E-state index is 0.767. The van der Waals surface area contributed by atoms with Crippen LogP contribution in [0.15, 0.2) is 0 Å². The molecule has 12 heavy (non-hydrogen) atoms. The lowest BCUT2D eigenvalue weighted by atomic mass is 9.68. The first-order chi connectivity index (χ1) is 5.70. The van der Waals surface area contributed by atoms with Crippen molar-refractivity contribution in [2.75, 3.05) is 19.6 Å². The van der Waals surface area contributed by atoms with Crippen LogP contribution >= 0.6 is 0 Å². The molecule has 0 aromatic rings. The summed E-state index contributed by atoms with van der Waals surface area (Å²) in [4.78, 5) is 2.63. The third-order valence-electron chi connectivity index (χ3n) is 3.72. The summed E-state index contributed by atoms with van der Waals surface area (Å²) in [5, 5.41) is 0. The van der Waals surface area contributed by atoms with Crippen LogP contribution in [-0.4, -0.2) is 24.5 Å². The third-order valence-corrected chi connectivity index (χ3v) is 3.72. The Morgan fingerprint density at radius 1 is 1.08 bits per heavy atom. The lowest BCUT2D eigenvalue weighted by Gasteiger charge is -2.49. The standard InChI is InChI=1S/C11H21N/c1-10(2)9-11-3-6-12(7-4-11)8-5-11/h10H,3-9H2,1-2H3. The van der Waals surface area contributed by atoms with Gasteiger partial charge >= 0.3 is 0 Å². The molecule has 0 saturated carbocycles. The highest BCUT2D eigenvalue weighted by atomic mass is 15.1. The van der Waals surface area contributed by atoms with Gasteiger partial charge in [-0.3, -0.25) is 0 Å². The average Bonchev–Trinajstić information content (AvgIpc) is 2.05. The van der Waals surface area contributed by atoms with Gasteiger partial charge in [-0.15, -0.1) is 0 Å². The van der Waals surface area contributed by atoms with Crippen LogP contribution in [0.3, 0.4) is 0 Å². The largest absolute Gasteiger partial charge is 0.303 e. The second kappa shape index (κ2) is 3.02. The van der Waals surface area contributed by atoms with Crippen LogP contribution in [-0.2, 0) is 0 Å². The second-order valence-electron chi connectivity index (χ2n) is 5.19. The van der Waals surface area contributed by atoms with Crippen LogP contribution in [0.2, 0.25) is 0 Å². The average molecular weight is 167 g/mol. The van der Waals surface area contributed by atoms with E-state index in [1.165, 1.54) is 45.3 Å². The topological polar surface area (TPSA) is 3.24 Å². The molecule has 2 bridgehead atoms. The lowest BCUT2D eigenvalue weighted by Crippen LogP contribution is -2.48. The van der Waals surface area contributed by atoms with Crippen LogP contribution in [0.25, 0.3) is 0 Å². The first-order valence-electron chi connectivity index (χ1n) is 5.43. The van der Waals surface area contributed by atoms with Crippen molar-refractivity contribution < 1.29 is 0 Å². The van der Waals surface area contributed by atoms with Gasteiger partial charge in [0.25, 0.3) is 0 Å². The SMILES string of the molecule is CC(C)CC12CCN(CC1)CC2. The zero-order valence-corrected chi connectivity index (χ0v) is 8.47. The van der Waals surface area contributed by atoms with Gasteiger partial charge in [0.1, 0.15) is 0 Å². The Morgan fingerprint density at radius 2 is 1.58 bits per heavy atom. The number of rotatable bonds is 2. The van der Waals surface area contributed by atoms with Crippen molar-refractivity contribution >= 4 is 0 Å². The van der Waals surface area contributed by atoms with Gasteiger partial charge < -0.3 is 4.90 Å². The zero-order chi connectivity index (χ0) is 8.60. The van der Waals surface area contributed by atoms with Gasteiger partial charge in [-0.25, -0.2) is 0 Å². The molecule has 1 heteroatoms. The number of hydrogen-bond acceptors (Lipinski definition) is 1. The van der Waals surface area contributed by atoms with Gasteiger partial charge in [0, 0.05) is 0 Å². The molecule has 1 nitrogen and oxygen atoms in total. The number of nitrogens with zero attached hydrogens (tertiary/aromatic N) is 1. The molecule has 0 atom stereocenters. The fraction of sp³-hybridized carbons (Fsp3) is 1.00. The fourth-order valence-electron chi connectivity index (χ4n) is 3.07. The van der Waals surface area contributed by atoms with E-state index in [-0.39, 0.29) is 0 Å². The molecule has 3 aliphatic rings. The molecule has 0 radical (unpaired) electrons. The maximum absolute atomic E-state index is 2.63. The number of fused-ring (bicyclic) bond motifs is 3. The van der Waals surface area contributed by atoms with Gasteiger partial charge in [-0.2, -0.15) is 0 Å². The van der Waals surface area contributed by atoms with Gasteiger partial charge in [0.2, 0.25) is 0 Å². The van der Waals surface area contributed by atoms with Crippen molar-refractivity contribution in [2.24, 2.45) is 11.3 Å². The molecule has 0 aromatic carbocycles. The summed E-state index contributed by atoms with van der Waals surface area (Å²) >= 11 is 0. The Morgan fingerprint density at radius 3 is 2.00 bits per heavy atom. The molecule has 3 fully saturated rings. The van der Waals surface area contributed by atoms with Crippen LogP contribution in [0.4, 0.5) is 0 Å². The highest BCUT2D eigenvalue weighted by Gasteiger charge is 2.39. The first-order valence-corrected chi connectivity index (χ1v) is 5.43. The highest BCUT2D eigenvalue weighted by molar-refractivity contribution is 4.92. The molecule has 0 amide bonds. The Balaban J connectivity index is 1.99. The van der Waals surface area contributed by atoms with E-state index in [1.807, 2.05) is 0 Å². The second-order valence-corrected chi connectivity index (χ2v) is 5.19. The molecular weight excluding hydrogens is 146 g/mol. The predicted octanol–water partition coefficient (Wildman–Crippen LogP) is 2.52. The van der Waals surface area contributed by atoms with Crippen molar-refractivity contribution in [1.82, 2.24) is 4.90 Å². The van der Waals surface area contributed by atoms with E-state index in [9.17, 15) is 0 Å². The molecule has 3 heterocycles. The maximum atomic E-state index is 2.63. The molecule has 3 saturated heterocycles. The van der Waals surface area contributed by atoms with E-state index in [0.29, 0.717) is 0 Å². The van der Waals surface area contributed by atoms with Gasteiger partial charge in [0.05, 0.1) is 0 Å². The zero-order valence-electron chi connectivity index (χ0n) is 8.47. The van der Waals surface area contributed by atoms with E-state index in [0.717, 1.165) is 11.3 Å². The molecule has 0 aromatic heterocycles. The number of piperidine rings is 3. The summed E-state index contributed by atoms with van der Waals surface area (Å²) in [7, 11) is 0. The lowest BCUT2D eigenvalue weighted by molar-refractivity contribution is 0.0112. The predicted molar refractivity (Wildman–Crippen MR) is 52.2 cm³/mol. The van der Waals surface area contributed by atoms with Gasteiger partial charge in [-0.05, 0) is 56.7 Å². The Bertz CT molecular complexity index is 141. The molecule has 0 spiro atoms. The van der Waals surface area contributed by atoms with Crippen molar-refractivity contribution in [1.29, 1.82) is 0 Å². The Hall–Kier alpha value is -0.0400. The molecular formula is C11H21N. The summed E-state index contributed by atoms with van der Waals surface area (Å²) in [5.74, 6) is 0.898. The highest BCUT2D eigenvalue weighted by Crippen LogP contribution is 2.44. The molecule has 3 rings (SSSR count). The summed E-state index contributed by atoms with van der Waals surface area (Å²) in [6.07, 6.45) is 5.91. The summed E-state index contributed by atoms with van der Waals surface area (Å²) < 4.78 is 0. The number of hydrogen-bond donors (Lipinski definition) is 0. The van der Waals surface area contributed by atoms with Crippen LogP contribution in [0.5, 0.6) is 0 Å². The third kappa shape index (κ3) is 1.52. The minimum Gasteiger partial charge on any atom is -0.303 e. The maximum Gasteiger partial charge on any atom is -0.00134 e. The Kier molecular flexibility index (Phi) is 2.16. The van der Waals surface area contributed by atoms with Crippen LogP contribution < -0.4 is 0 Å². The molecule has 0 N–H and O–H groups in total. The van der Waals surface area contributed by atoms with E-state index >= 15 is 0 Å². The summed E-state index contributed by atoms with van der Waals surface area (Å²) in [6, 6.07) is 0. The molecule has 70 valence electrons. The van der Waals surface area contributed by atoms with Gasteiger partial charge in [0.15, 0.2) is 0 Å². The fourth-order valence-corrected chi connectivity index (χ4v) is 3.07. The minimum atomic E-state index is 0.767. The van der Waals surface area contributed by atoms with Crippen molar-refractivity contribution in [3.63, 3.8) is 0 Å². The monoisotopic (exact) mass is 167 g/mol. The van der Waals surface area contributed by atoms with E-state index < -0.39 is 0 Å². The Labute approximate surface area is 76.1 Å². The van der Waals surface area contributed by atoms with Crippen molar-refractivity contribution in [3.05, 3.63) is 0 Å². The van der Waals surface area contributed by atoms with Crippen molar-refractivity contribution in [3.8, 4) is 0 Å². The van der Waals surface area contributed by atoms with Gasteiger partial charge in [-0.1, -0.05) is 13.8 Å². The normalized spacial score (nSPS) is 40.8. The molecule has 3 aliphatic heterocycles. The van der Waals surface area contributed by atoms with E-state index in [1.54, 1.807) is 0 Å². The quantitative estimate of drug-likeness (QED) is 0.611. The summed E-state index contributed by atoms with van der Waals surface area (Å²) in [6.45, 7) is 8.89. The molecule has 0 unspecified atom stereocenters. The van der Waals surface area contributed by atoms with Crippen LogP contribution in [0, 0.1) is 11.3 Å². The summed E-state index contributed by atoms with van der Waals surface area (Å²) in [5.41, 5.74) is 0.767. The van der Waals surface area contributed by atoms with E-state index in [2.05, 4.69) is 18.7 Å². The van der Waals surface area contributed by atoms with Crippen molar-refractivity contribution in [2.45, 2.75) is 39.5 Å². The van der Waals surface area contributed by atoms with Crippen LogP contribution in [0.1, 0.15) is 39.5 Å². The molecule has 0 aliphatic carbocycles. The smallest absolute Gasteiger partial charge is 0.00134 e.